The Hall–Kier alpha value is -1.23. The molecule has 0 aromatic heterocycles. The summed E-state index contributed by atoms with van der Waals surface area (Å²) < 4.78 is 29.1. The number of hydrogen-bond donors (Lipinski definition) is 1. The second-order valence-electron chi connectivity index (χ2n) is 5.13. The smallest absolute Gasteiger partial charge is 0.150 e. The quantitative estimate of drug-likeness (QED) is 0.922. The second-order valence-corrected chi connectivity index (χ2v) is 7.46. The SMILES string of the molecule is CNc1ccc(OC2CCCC(S(C)(=O)=O)C2)cc1. The monoisotopic (exact) mass is 283 g/mol. The van der Waals surface area contributed by atoms with Gasteiger partial charge in [-0.2, -0.15) is 0 Å². The van der Waals surface area contributed by atoms with E-state index in [1.165, 1.54) is 6.26 Å². The third-order valence-corrected chi connectivity index (χ3v) is 5.27. The minimum Gasteiger partial charge on any atom is -0.490 e. The van der Waals surface area contributed by atoms with E-state index in [2.05, 4.69) is 5.32 Å². The standard InChI is InChI=1S/C14H21NO3S/c1-15-11-6-8-12(9-7-11)18-13-4-3-5-14(10-13)19(2,16)17/h6-9,13-15H,3-5,10H2,1-2H3. The molecular formula is C14H21NO3S. The van der Waals surface area contributed by atoms with Crippen molar-refractivity contribution in [1.29, 1.82) is 0 Å². The van der Waals surface area contributed by atoms with E-state index in [-0.39, 0.29) is 11.4 Å². The molecular weight excluding hydrogens is 262 g/mol. The summed E-state index contributed by atoms with van der Waals surface area (Å²) in [5.41, 5.74) is 1.03. The first-order valence-corrected chi connectivity index (χ1v) is 8.58. The van der Waals surface area contributed by atoms with Crippen molar-refractivity contribution in [2.24, 2.45) is 0 Å². The molecule has 1 fully saturated rings. The number of anilines is 1. The fourth-order valence-electron chi connectivity index (χ4n) is 2.49. The maximum atomic E-state index is 11.6. The average molecular weight is 283 g/mol. The van der Waals surface area contributed by atoms with E-state index in [1.807, 2.05) is 31.3 Å². The van der Waals surface area contributed by atoms with E-state index in [1.54, 1.807) is 0 Å². The first kappa shape index (κ1) is 14.2. The van der Waals surface area contributed by atoms with Crippen LogP contribution in [0.25, 0.3) is 0 Å². The Morgan fingerprint density at radius 3 is 2.47 bits per heavy atom. The molecule has 0 amide bonds. The Bertz CT molecular complexity index is 510. The van der Waals surface area contributed by atoms with Gasteiger partial charge in [-0.15, -0.1) is 0 Å². The van der Waals surface area contributed by atoms with Crippen LogP contribution in [0.4, 0.5) is 5.69 Å². The number of nitrogens with one attached hydrogen (secondary N) is 1. The third kappa shape index (κ3) is 3.86. The van der Waals surface area contributed by atoms with E-state index in [9.17, 15) is 8.42 Å². The van der Waals surface area contributed by atoms with E-state index < -0.39 is 9.84 Å². The van der Waals surface area contributed by atoms with Gasteiger partial charge >= 0.3 is 0 Å². The molecule has 1 aliphatic rings. The van der Waals surface area contributed by atoms with Crippen LogP contribution in [-0.2, 0) is 9.84 Å². The summed E-state index contributed by atoms with van der Waals surface area (Å²) in [5.74, 6) is 0.804. The van der Waals surface area contributed by atoms with E-state index in [0.29, 0.717) is 6.42 Å². The summed E-state index contributed by atoms with van der Waals surface area (Å²) in [6.45, 7) is 0. The molecule has 19 heavy (non-hydrogen) atoms. The van der Waals surface area contributed by atoms with Crippen LogP contribution in [0.1, 0.15) is 25.7 Å². The van der Waals surface area contributed by atoms with Gasteiger partial charge in [0.1, 0.15) is 15.6 Å². The van der Waals surface area contributed by atoms with Gasteiger partial charge in [0.25, 0.3) is 0 Å². The van der Waals surface area contributed by atoms with Crippen molar-refractivity contribution in [3.8, 4) is 5.75 Å². The van der Waals surface area contributed by atoms with Gasteiger partial charge in [0.2, 0.25) is 0 Å². The van der Waals surface area contributed by atoms with Gasteiger partial charge < -0.3 is 10.1 Å². The number of benzene rings is 1. The van der Waals surface area contributed by atoms with E-state index in [4.69, 9.17) is 4.74 Å². The van der Waals surface area contributed by atoms with Crippen LogP contribution in [0.3, 0.4) is 0 Å². The molecule has 1 aromatic carbocycles. The number of rotatable bonds is 4. The molecule has 0 radical (unpaired) electrons. The summed E-state index contributed by atoms with van der Waals surface area (Å²) in [7, 11) is -1.08. The molecule has 0 aliphatic heterocycles. The first-order chi connectivity index (χ1) is 8.99. The van der Waals surface area contributed by atoms with Crippen molar-refractivity contribution in [3.05, 3.63) is 24.3 Å². The average Bonchev–Trinajstić information content (AvgIpc) is 2.39. The normalized spacial score (nSPS) is 23.9. The van der Waals surface area contributed by atoms with Crippen molar-refractivity contribution in [1.82, 2.24) is 0 Å². The molecule has 0 heterocycles. The predicted molar refractivity (Wildman–Crippen MR) is 77.5 cm³/mol. The zero-order valence-electron chi connectivity index (χ0n) is 11.4. The highest BCUT2D eigenvalue weighted by Crippen LogP contribution is 2.27. The largest absolute Gasteiger partial charge is 0.490 e. The van der Waals surface area contributed by atoms with Crippen LogP contribution < -0.4 is 10.1 Å². The molecule has 4 nitrogen and oxygen atoms in total. The molecule has 2 atom stereocenters. The molecule has 1 saturated carbocycles. The summed E-state index contributed by atoms with van der Waals surface area (Å²) >= 11 is 0. The van der Waals surface area contributed by atoms with Crippen molar-refractivity contribution in [2.45, 2.75) is 37.0 Å². The van der Waals surface area contributed by atoms with Crippen molar-refractivity contribution >= 4 is 15.5 Å². The van der Waals surface area contributed by atoms with Crippen molar-refractivity contribution in [3.63, 3.8) is 0 Å². The van der Waals surface area contributed by atoms with Gasteiger partial charge in [-0.3, -0.25) is 0 Å². The third-order valence-electron chi connectivity index (χ3n) is 3.63. The van der Waals surface area contributed by atoms with E-state index >= 15 is 0 Å². The van der Waals surface area contributed by atoms with Crippen molar-refractivity contribution in [2.75, 3.05) is 18.6 Å². The van der Waals surface area contributed by atoms with Crippen LogP contribution in [0.15, 0.2) is 24.3 Å². The lowest BCUT2D eigenvalue weighted by atomic mass is 9.97. The zero-order valence-corrected chi connectivity index (χ0v) is 12.2. The first-order valence-electron chi connectivity index (χ1n) is 6.62. The topological polar surface area (TPSA) is 55.4 Å². The lowest BCUT2D eigenvalue weighted by Crippen LogP contribution is -2.33. The number of ether oxygens (including phenoxy) is 1. The minimum absolute atomic E-state index is 0.00825. The number of hydrogen-bond acceptors (Lipinski definition) is 4. The van der Waals surface area contributed by atoms with Crippen LogP contribution in [-0.4, -0.2) is 33.1 Å². The highest BCUT2D eigenvalue weighted by atomic mass is 32.2. The Morgan fingerprint density at radius 1 is 1.21 bits per heavy atom. The van der Waals surface area contributed by atoms with Gasteiger partial charge in [0.05, 0.1) is 11.4 Å². The summed E-state index contributed by atoms with van der Waals surface area (Å²) in [5, 5.41) is 2.80. The molecule has 1 aromatic rings. The van der Waals surface area contributed by atoms with Crippen LogP contribution in [0.5, 0.6) is 5.75 Å². The predicted octanol–water partition coefficient (Wildman–Crippen LogP) is 2.46. The number of sulfone groups is 1. The van der Waals surface area contributed by atoms with Gasteiger partial charge in [0.15, 0.2) is 0 Å². The molecule has 106 valence electrons. The molecule has 2 rings (SSSR count). The molecule has 1 aliphatic carbocycles. The van der Waals surface area contributed by atoms with Crippen LogP contribution in [0, 0.1) is 0 Å². The molecule has 2 unspecified atom stereocenters. The lowest BCUT2D eigenvalue weighted by Gasteiger charge is -2.28. The lowest BCUT2D eigenvalue weighted by molar-refractivity contribution is 0.156. The van der Waals surface area contributed by atoms with Crippen LogP contribution in [0.2, 0.25) is 0 Å². The molecule has 5 heteroatoms. The molecule has 0 saturated heterocycles. The summed E-state index contributed by atoms with van der Waals surface area (Å²) in [4.78, 5) is 0. The van der Waals surface area contributed by atoms with Gasteiger partial charge in [-0.25, -0.2) is 8.42 Å². The fourth-order valence-corrected chi connectivity index (χ4v) is 3.65. The Labute approximate surface area is 115 Å². The van der Waals surface area contributed by atoms with Gasteiger partial charge in [-0.05, 0) is 43.5 Å². The van der Waals surface area contributed by atoms with Crippen LogP contribution >= 0.6 is 0 Å². The molecule has 1 N–H and O–H groups in total. The Balaban J connectivity index is 1.98. The maximum absolute atomic E-state index is 11.6. The Kier molecular flexibility index (Phi) is 4.34. The van der Waals surface area contributed by atoms with Gasteiger partial charge in [-0.1, -0.05) is 0 Å². The second kappa shape index (κ2) is 5.82. The van der Waals surface area contributed by atoms with E-state index in [0.717, 1.165) is 30.7 Å². The highest BCUT2D eigenvalue weighted by Gasteiger charge is 2.29. The highest BCUT2D eigenvalue weighted by molar-refractivity contribution is 7.91. The van der Waals surface area contributed by atoms with Gasteiger partial charge in [0, 0.05) is 25.4 Å². The summed E-state index contributed by atoms with van der Waals surface area (Å²) in [6.07, 6.45) is 4.54. The van der Waals surface area contributed by atoms with Crippen molar-refractivity contribution < 1.29 is 13.2 Å². The fraction of sp³-hybridized carbons (Fsp3) is 0.571. The maximum Gasteiger partial charge on any atom is 0.150 e. The zero-order chi connectivity index (χ0) is 13.9. The minimum atomic E-state index is -2.95. The molecule has 0 spiro atoms. The Morgan fingerprint density at radius 2 is 1.89 bits per heavy atom. The summed E-state index contributed by atoms with van der Waals surface area (Å²) in [6, 6.07) is 7.73. The molecule has 0 bridgehead atoms.